The Bertz CT molecular complexity index is 1280. The largest absolute Gasteiger partial charge is 0.508 e. The molecule has 148 valence electrons. The molecule has 4 rings (SSSR count). The predicted octanol–water partition coefficient (Wildman–Crippen LogP) is 4.74. The molecule has 0 amide bonds. The first kappa shape index (κ1) is 19.2. The van der Waals surface area contributed by atoms with Crippen LogP contribution >= 0.6 is 0 Å². The van der Waals surface area contributed by atoms with E-state index >= 15 is 0 Å². The summed E-state index contributed by atoms with van der Waals surface area (Å²) < 4.78 is 1.48. The second-order valence-corrected chi connectivity index (χ2v) is 7.06. The second kappa shape index (κ2) is 8.09. The predicted molar refractivity (Wildman–Crippen MR) is 118 cm³/mol. The maximum absolute atomic E-state index is 12.7. The first-order valence-electron chi connectivity index (χ1n) is 9.50. The zero-order valence-electron chi connectivity index (χ0n) is 16.4. The zero-order chi connectivity index (χ0) is 21.1. The number of hydrogen-bond acceptors (Lipinski definition) is 3. The summed E-state index contributed by atoms with van der Waals surface area (Å²) in [6.45, 7) is 1.89. The van der Waals surface area contributed by atoms with E-state index in [0.717, 1.165) is 16.7 Å². The lowest BCUT2D eigenvalue weighted by Crippen LogP contribution is -2.14. The number of aromatic hydroxyl groups is 1. The molecule has 3 aromatic carbocycles. The van der Waals surface area contributed by atoms with E-state index < -0.39 is 0 Å². The van der Waals surface area contributed by atoms with Gasteiger partial charge in [-0.25, -0.2) is 4.79 Å². The van der Waals surface area contributed by atoms with Crippen molar-refractivity contribution in [2.75, 3.05) is 0 Å². The quantitative estimate of drug-likeness (QED) is 0.378. The second-order valence-electron chi connectivity index (χ2n) is 7.06. The van der Waals surface area contributed by atoms with Gasteiger partial charge in [-0.3, -0.25) is 9.36 Å². The Morgan fingerprint density at radius 3 is 2.47 bits per heavy atom. The van der Waals surface area contributed by atoms with Gasteiger partial charge in [0, 0.05) is 11.8 Å². The van der Waals surface area contributed by atoms with E-state index in [1.165, 1.54) is 10.6 Å². The fraction of sp³-hybridized carbons (Fsp3) is 0.0400. The molecule has 5 nitrogen and oxygen atoms in total. The molecule has 0 saturated heterocycles. The van der Waals surface area contributed by atoms with Crippen LogP contribution in [-0.4, -0.2) is 20.4 Å². The van der Waals surface area contributed by atoms with Crippen LogP contribution in [0.2, 0.25) is 0 Å². The van der Waals surface area contributed by atoms with Crippen LogP contribution in [-0.2, 0) is 0 Å². The minimum absolute atomic E-state index is 0.133. The topological polar surface area (TPSA) is 75.1 Å². The molecule has 0 aliphatic heterocycles. The number of H-pyrrole nitrogens is 1. The number of carbonyl (C=O) groups is 1. The van der Waals surface area contributed by atoms with E-state index in [-0.39, 0.29) is 17.2 Å². The van der Waals surface area contributed by atoms with E-state index in [1.807, 2.05) is 43.3 Å². The maximum atomic E-state index is 12.7. The number of rotatable bonds is 5. The highest BCUT2D eigenvalue weighted by Gasteiger charge is 2.11. The molecule has 4 aromatic rings. The van der Waals surface area contributed by atoms with Crippen LogP contribution in [0.4, 0.5) is 0 Å². The van der Waals surface area contributed by atoms with Gasteiger partial charge in [-0.1, -0.05) is 36.4 Å². The van der Waals surface area contributed by atoms with Gasteiger partial charge >= 0.3 is 5.69 Å². The van der Waals surface area contributed by atoms with Crippen molar-refractivity contribution in [3.63, 3.8) is 0 Å². The van der Waals surface area contributed by atoms with Gasteiger partial charge in [0.2, 0.25) is 0 Å². The first-order chi connectivity index (χ1) is 14.5. The minimum atomic E-state index is -0.304. The van der Waals surface area contributed by atoms with E-state index in [4.69, 9.17) is 0 Å². The molecule has 2 N–H and O–H groups in total. The summed E-state index contributed by atoms with van der Waals surface area (Å²) in [5.74, 6) is 0.0251. The van der Waals surface area contributed by atoms with Crippen molar-refractivity contribution in [2.45, 2.75) is 6.92 Å². The molecule has 0 unspecified atom stereocenters. The van der Waals surface area contributed by atoms with Gasteiger partial charge in [-0.15, -0.1) is 0 Å². The minimum Gasteiger partial charge on any atom is -0.508 e. The lowest BCUT2D eigenvalue weighted by Gasteiger charge is -2.06. The third-order valence-corrected chi connectivity index (χ3v) is 4.75. The van der Waals surface area contributed by atoms with Crippen molar-refractivity contribution in [3.8, 4) is 22.7 Å². The number of ketones is 1. The number of allylic oxidation sites excluding steroid dienone is 1. The molecular weight excluding hydrogens is 376 g/mol. The SMILES string of the molecule is Cc1cc(C(=O)/C=C/c2ccccc2)cc(-n2cc(-c3ccc(O)cc3)[nH]c2=O)c1. The molecule has 0 radical (unpaired) electrons. The van der Waals surface area contributed by atoms with E-state index in [0.29, 0.717) is 16.9 Å². The molecule has 0 spiro atoms. The molecule has 1 heterocycles. The van der Waals surface area contributed by atoms with Gasteiger partial charge in [0.15, 0.2) is 5.78 Å². The number of aromatic amines is 1. The van der Waals surface area contributed by atoms with Crippen LogP contribution in [0.15, 0.2) is 89.9 Å². The molecular formula is C25H20N2O3. The van der Waals surface area contributed by atoms with Gasteiger partial charge in [0.05, 0.1) is 11.4 Å². The van der Waals surface area contributed by atoms with Crippen molar-refractivity contribution >= 4 is 11.9 Å². The highest BCUT2D eigenvalue weighted by atomic mass is 16.3. The molecule has 0 atom stereocenters. The summed E-state index contributed by atoms with van der Waals surface area (Å²) in [4.78, 5) is 28.1. The lowest BCUT2D eigenvalue weighted by molar-refractivity contribution is 0.104. The first-order valence-corrected chi connectivity index (χ1v) is 9.50. The van der Waals surface area contributed by atoms with E-state index in [2.05, 4.69) is 4.98 Å². The van der Waals surface area contributed by atoms with Gasteiger partial charge in [0.25, 0.3) is 0 Å². The Balaban J connectivity index is 1.67. The fourth-order valence-electron chi connectivity index (χ4n) is 3.25. The number of phenols is 1. The van der Waals surface area contributed by atoms with Crippen LogP contribution in [0.3, 0.4) is 0 Å². The lowest BCUT2D eigenvalue weighted by atomic mass is 10.1. The summed E-state index contributed by atoms with van der Waals surface area (Å²) in [6, 6.07) is 21.6. The van der Waals surface area contributed by atoms with Crippen molar-refractivity contribution in [1.82, 2.24) is 9.55 Å². The number of hydrogen-bond donors (Lipinski definition) is 2. The van der Waals surface area contributed by atoms with Crippen LogP contribution in [0.25, 0.3) is 23.0 Å². The van der Waals surface area contributed by atoms with Gasteiger partial charge < -0.3 is 10.1 Å². The molecule has 0 aliphatic rings. The number of nitrogens with one attached hydrogen (secondary N) is 1. The molecule has 0 bridgehead atoms. The number of benzene rings is 3. The molecule has 0 saturated carbocycles. The Morgan fingerprint density at radius 2 is 1.73 bits per heavy atom. The number of aromatic nitrogens is 2. The standard InChI is InChI=1S/C25H20N2O3/c1-17-13-20(24(29)12-7-18-5-3-2-4-6-18)15-21(14-17)27-16-23(26-25(27)30)19-8-10-22(28)11-9-19/h2-16,28H,1H3,(H,26,30)/b12-7+. The summed E-state index contributed by atoms with van der Waals surface area (Å²) in [5, 5.41) is 9.46. The van der Waals surface area contributed by atoms with Crippen LogP contribution in [0.5, 0.6) is 5.75 Å². The van der Waals surface area contributed by atoms with Crippen LogP contribution in [0.1, 0.15) is 21.5 Å². The Kier molecular flexibility index (Phi) is 5.18. The average molecular weight is 396 g/mol. The van der Waals surface area contributed by atoms with Crippen molar-refractivity contribution in [1.29, 1.82) is 0 Å². The number of imidazole rings is 1. The highest BCUT2D eigenvalue weighted by Crippen LogP contribution is 2.21. The number of carbonyl (C=O) groups excluding carboxylic acids is 1. The van der Waals surface area contributed by atoms with Crippen molar-refractivity contribution in [3.05, 3.63) is 112 Å². The normalized spacial score (nSPS) is 11.1. The molecule has 30 heavy (non-hydrogen) atoms. The molecule has 5 heteroatoms. The Labute approximate surface area is 173 Å². The summed E-state index contributed by atoms with van der Waals surface area (Å²) in [7, 11) is 0. The summed E-state index contributed by atoms with van der Waals surface area (Å²) >= 11 is 0. The van der Waals surface area contributed by atoms with Gasteiger partial charge in [-0.05, 0) is 72.2 Å². The Morgan fingerprint density at radius 1 is 1.00 bits per heavy atom. The zero-order valence-corrected chi connectivity index (χ0v) is 16.4. The number of aryl methyl sites for hydroxylation is 1. The smallest absolute Gasteiger partial charge is 0.330 e. The molecule has 1 aromatic heterocycles. The number of phenolic OH excluding ortho intramolecular Hbond substituents is 1. The van der Waals surface area contributed by atoms with Crippen molar-refractivity contribution < 1.29 is 9.90 Å². The van der Waals surface area contributed by atoms with Gasteiger partial charge in [0.1, 0.15) is 5.75 Å². The average Bonchev–Trinajstić information content (AvgIpc) is 3.14. The fourth-order valence-corrected chi connectivity index (χ4v) is 3.25. The molecule has 0 aliphatic carbocycles. The maximum Gasteiger partial charge on any atom is 0.330 e. The van der Waals surface area contributed by atoms with Crippen LogP contribution < -0.4 is 5.69 Å². The van der Waals surface area contributed by atoms with E-state index in [1.54, 1.807) is 48.7 Å². The number of nitrogens with zero attached hydrogens (tertiary/aromatic N) is 1. The van der Waals surface area contributed by atoms with Gasteiger partial charge in [-0.2, -0.15) is 0 Å². The molecule has 0 fully saturated rings. The highest BCUT2D eigenvalue weighted by molar-refractivity contribution is 6.07. The van der Waals surface area contributed by atoms with Crippen molar-refractivity contribution in [2.24, 2.45) is 0 Å². The summed E-state index contributed by atoms with van der Waals surface area (Å²) in [6.07, 6.45) is 5.00. The summed E-state index contributed by atoms with van der Waals surface area (Å²) in [5.41, 5.74) is 4.04. The monoisotopic (exact) mass is 396 g/mol. The van der Waals surface area contributed by atoms with E-state index in [9.17, 15) is 14.7 Å². The van der Waals surface area contributed by atoms with Crippen LogP contribution in [0, 0.1) is 6.92 Å². The third-order valence-electron chi connectivity index (χ3n) is 4.75. The Hall–Kier alpha value is -4.12. The third kappa shape index (κ3) is 4.15.